The van der Waals surface area contributed by atoms with Gasteiger partial charge in [-0.25, -0.2) is 4.98 Å². The average Bonchev–Trinajstić information content (AvgIpc) is 2.44. The summed E-state index contributed by atoms with van der Waals surface area (Å²) in [6, 6.07) is 5.14. The smallest absolute Gasteiger partial charge is 0.129 e. The SMILES string of the molecule is CCc1cc(CNC(C)(C)C)cc(N2CCCCC2C)n1. The highest BCUT2D eigenvalue weighted by molar-refractivity contribution is 5.44. The molecule has 21 heavy (non-hydrogen) atoms. The molecule has 1 aromatic heterocycles. The Hall–Kier alpha value is -1.09. The fraction of sp³-hybridized carbons (Fsp3) is 0.722. The van der Waals surface area contributed by atoms with Gasteiger partial charge < -0.3 is 10.2 Å². The van der Waals surface area contributed by atoms with Gasteiger partial charge in [-0.15, -0.1) is 0 Å². The highest BCUT2D eigenvalue weighted by Crippen LogP contribution is 2.24. The zero-order valence-corrected chi connectivity index (χ0v) is 14.4. The normalized spacial score (nSPS) is 19.9. The molecule has 1 aliphatic rings. The molecule has 0 aliphatic carbocycles. The number of hydrogen-bond acceptors (Lipinski definition) is 3. The summed E-state index contributed by atoms with van der Waals surface area (Å²) in [5.74, 6) is 1.17. The number of hydrogen-bond donors (Lipinski definition) is 1. The number of piperidine rings is 1. The van der Waals surface area contributed by atoms with E-state index in [1.165, 1.54) is 36.3 Å². The van der Waals surface area contributed by atoms with Crippen LogP contribution in [0.1, 0.15) is 65.1 Å². The molecule has 1 fully saturated rings. The Morgan fingerprint density at radius 1 is 1.29 bits per heavy atom. The maximum atomic E-state index is 4.87. The standard InChI is InChI=1S/C18H31N3/c1-6-16-11-15(13-19-18(3,4)5)12-17(20-16)21-10-8-7-9-14(21)2/h11-12,14,19H,6-10,13H2,1-5H3. The number of aryl methyl sites for hydroxylation is 1. The highest BCUT2D eigenvalue weighted by atomic mass is 15.2. The third kappa shape index (κ3) is 4.70. The van der Waals surface area contributed by atoms with E-state index in [4.69, 9.17) is 4.98 Å². The van der Waals surface area contributed by atoms with Crippen LogP contribution in [0.4, 0.5) is 5.82 Å². The van der Waals surface area contributed by atoms with Crippen molar-refractivity contribution in [2.24, 2.45) is 0 Å². The summed E-state index contributed by atoms with van der Waals surface area (Å²) in [7, 11) is 0. The lowest BCUT2D eigenvalue weighted by atomic mass is 10.0. The van der Waals surface area contributed by atoms with Crippen molar-refractivity contribution in [3.05, 3.63) is 23.4 Å². The lowest BCUT2D eigenvalue weighted by Crippen LogP contribution is -2.38. The fourth-order valence-corrected chi connectivity index (χ4v) is 2.87. The zero-order chi connectivity index (χ0) is 15.5. The number of nitrogens with one attached hydrogen (secondary N) is 1. The number of nitrogens with zero attached hydrogens (tertiary/aromatic N) is 2. The maximum Gasteiger partial charge on any atom is 0.129 e. The summed E-state index contributed by atoms with van der Waals surface area (Å²) < 4.78 is 0. The maximum absolute atomic E-state index is 4.87. The van der Waals surface area contributed by atoms with E-state index in [0.29, 0.717) is 6.04 Å². The largest absolute Gasteiger partial charge is 0.354 e. The van der Waals surface area contributed by atoms with Gasteiger partial charge in [0.2, 0.25) is 0 Å². The number of rotatable bonds is 4. The van der Waals surface area contributed by atoms with E-state index < -0.39 is 0 Å². The van der Waals surface area contributed by atoms with Crippen LogP contribution < -0.4 is 10.2 Å². The molecule has 0 amide bonds. The number of pyridine rings is 1. The first-order chi connectivity index (χ1) is 9.89. The van der Waals surface area contributed by atoms with Crippen LogP contribution in [0, 0.1) is 0 Å². The van der Waals surface area contributed by atoms with Crippen LogP contribution in [0.3, 0.4) is 0 Å². The van der Waals surface area contributed by atoms with E-state index in [2.05, 4.69) is 57.0 Å². The van der Waals surface area contributed by atoms with Crippen molar-refractivity contribution in [3.63, 3.8) is 0 Å². The summed E-state index contributed by atoms with van der Waals surface area (Å²) in [4.78, 5) is 7.36. The van der Waals surface area contributed by atoms with Crippen LogP contribution in [-0.2, 0) is 13.0 Å². The van der Waals surface area contributed by atoms with Crippen molar-refractivity contribution in [1.29, 1.82) is 0 Å². The van der Waals surface area contributed by atoms with Crippen LogP contribution in [0.15, 0.2) is 12.1 Å². The van der Waals surface area contributed by atoms with Gasteiger partial charge in [-0.3, -0.25) is 0 Å². The summed E-state index contributed by atoms with van der Waals surface area (Å²) in [6.45, 7) is 13.2. The Labute approximate surface area is 130 Å². The molecule has 1 unspecified atom stereocenters. The number of anilines is 1. The Balaban J connectivity index is 2.20. The van der Waals surface area contributed by atoms with Gasteiger partial charge in [-0.2, -0.15) is 0 Å². The first-order valence-corrected chi connectivity index (χ1v) is 8.40. The molecule has 0 aromatic carbocycles. The number of aromatic nitrogens is 1. The van der Waals surface area contributed by atoms with Crippen LogP contribution in [0.5, 0.6) is 0 Å². The average molecular weight is 289 g/mol. The molecule has 3 nitrogen and oxygen atoms in total. The van der Waals surface area contributed by atoms with Crippen molar-refractivity contribution in [2.75, 3.05) is 11.4 Å². The van der Waals surface area contributed by atoms with E-state index in [1.807, 2.05) is 0 Å². The minimum Gasteiger partial charge on any atom is -0.354 e. The first kappa shape index (κ1) is 16.3. The van der Waals surface area contributed by atoms with Crippen molar-refractivity contribution < 1.29 is 0 Å². The third-order valence-corrected chi connectivity index (χ3v) is 4.21. The third-order valence-electron chi connectivity index (χ3n) is 4.21. The van der Waals surface area contributed by atoms with E-state index in [0.717, 1.165) is 19.5 Å². The molecule has 0 radical (unpaired) electrons. The highest BCUT2D eigenvalue weighted by Gasteiger charge is 2.20. The molecule has 1 aromatic rings. The second-order valence-electron chi connectivity index (χ2n) is 7.32. The van der Waals surface area contributed by atoms with Gasteiger partial charge >= 0.3 is 0 Å². The van der Waals surface area contributed by atoms with E-state index in [1.54, 1.807) is 0 Å². The molecule has 1 aliphatic heterocycles. The Kier molecular flexibility index (Phi) is 5.26. The minimum atomic E-state index is 0.147. The molecule has 1 atom stereocenters. The van der Waals surface area contributed by atoms with Crippen molar-refractivity contribution in [2.45, 2.75) is 78.4 Å². The van der Waals surface area contributed by atoms with Crippen LogP contribution in [-0.4, -0.2) is 23.1 Å². The summed E-state index contributed by atoms with van der Waals surface area (Å²) in [6.07, 6.45) is 4.92. The first-order valence-electron chi connectivity index (χ1n) is 8.40. The molecule has 3 heteroatoms. The predicted molar refractivity (Wildman–Crippen MR) is 90.9 cm³/mol. The lowest BCUT2D eigenvalue weighted by Gasteiger charge is -2.35. The van der Waals surface area contributed by atoms with Gasteiger partial charge in [0.1, 0.15) is 5.82 Å². The predicted octanol–water partition coefficient (Wildman–Crippen LogP) is 3.91. The molecular formula is C18H31N3. The summed E-state index contributed by atoms with van der Waals surface area (Å²) in [5, 5.41) is 3.58. The lowest BCUT2D eigenvalue weighted by molar-refractivity contribution is 0.424. The van der Waals surface area contributed by atoms with E-state index in [9.17, 15) is 0 Å². The second-order valence-corrected chi connectivity index (χ2v) is 7.32. The van der Waals surface area contributed by atoms with Gasteiger partial charge in [-0.05, 0) is 71.1 Å². The molecule has 118 valence electrons. The van der Waals surface area contributed by atoms with E-state index >= 15 is 0 Å². The molecule has 0 spiro atoms. The topological polar surface area (TPSA) is 28.2 Å². The molecule has 0 bridgehead atoms. The molecule has 0 saturated carbocycles. The van der Waals surface area contributed by atoms with Crippen LogP contribution >= 0.6 is 0 Å². The van der Waals surface area contributed by atoms with Crippen LogP contribution in [0.25, 0.3) is 0 Å². The quantitative estimate of drug-likeness (QED) is 0.911. The zero-order valence-electron chi connectivity index (χ0n) is 14.4. The van der Waals surface area contributed by atoms with Crippen molar-refractivity contribution >= 4 is 5.82 Å². The van der Waals surface area contributed by atoms with Crippen molar-refractivity contribution in [1.82, 2.24) is 10.3 Å². The van der Waals surface area contributed by atoms with Gasteiger partial charge in [0.15, 0.2) is 0 Å². The Morgan fingerprint density at radius 3 is 2.67 bits per heavy atom. The summed E-state index contributed by atoms with van der Waals surface area (Å²) in [5.41, 5.74) is 2.70. The molecule has 2 heterocycles. The molecule has 1 N–H and O–H groups in total. The molecular weight excluding hydrogens is 258 g/mol. The summed E-state index contributed by atoms with van der Waals surface area (Å²) >= 11 is 0. The van der Waals surface area contributed by atoms with Gasteiger partial charge in [-0.1, -0.05) is 6.92 Å². The monoisotopic (exact) mass is 289 g/mol. The fourth-order valence-electron chi connectivity index (χ4n) is 2.87. The van der Waals surface area contributed by atoms with Gasteiger partial charge in [0.25, 0.3) is 0 Å². The van der Waals surface area contributed by atoms with Gasteiger partial charge in [0, 0.05) is 30.4 Å². The Morgan fingerprint density at radius 2 is 2.05 bits per heavy atom. The van der Waals surface area contributed by atoms with E-state index in [-0.39, 0.29) is 5.54 Å². The van der Waals surface area contributed by atoms with Gasteiger partial charge in [0.05, 0.1) is 0 Å². The molecule has 1 saturated heterocycles. The van der Waals surface area contributed by atoms with Crippen molar-refractivity contribution in [3.8, 4) is 0 Å². The Bertz CT molecular complexity index is 462. The second kappa shape index (κ2) is 6.78. The van der Waals surface area contributed by atoms with Crippen LogP contribution in [0.2, 0.25) is 0 Å². The minimum absolute atomic E-state index is 0.147. The molecule has 2 rings (SSSR count).